The molecule has 0 aromatic carbocycles. The number of halogens is 2. The highest BCUT2D eigenvalue weighted by Crippen LogP contribution is 2.20. The normalized spacial score (nSPS) is 10.5. The molecule has 0 N–H and O–H groups in total. The summed E-state index contributed by atoms with van der Waals surface area (Å²) in [6.07, 6.45) is 1.64. The molecule has 0 fully saturated rings. The maximum atomic E-state index is 5.80. The minimum Gasteiger partial charge on any atom is -0.495 e. The maximum Gasteiger partial charge on any atom is 0.137 e. The summed E-state index contributed by atoms with van der Waals surface area (Å²) in [7, 11) is 1.60. The fourth-order valence-corrected chi connectivity index (χ4v) is 1.99. The average molecular weight is 344 g/mol. The molecular formula is C13H12BrClN2O2. The van der Waals surface area contributed by atoms with Gasteiger partial charge in [0.05, 0.1) is 32.2 Å². The summed E-state index contributed by atoms with van der Waals surface area (Å²) >= 11 is 9.18. The molecule has 2 aromatic rings. The van der Waals surface area contributed by atoms with Gasteiger partial charge in [0.2, 0.25) is 0 Å². The number of rotatable bonds is 5. The zero-order valence-electron chi connectivity index (χ0n) is 10.3. The highest BCUT2D eigenvalue weighted by Gasteiger charge is 2.04. The van der Waals surface area contributed by atoms with Gasteiger partial charge in [-0.05, 0) is 34.1 Å². The zero-order chi connectivity index (χ0) is 13.7. The van der Waals surface area contributed by atoms with Crippen LogP contribution < -0.4 is 4.74 Å². The molecule has 0 amide bonds. The lowest BCUT2D eigenvalue weighted by Gasteiger charge is -2.07. The topological polar surface area (TPSA) is 44.2 Å². The summed E-state index contributed by atoms with van der Waals surface area (Å²) < 4.78 is 11.5. The minimum absolute atomic E-state index is 0.393. The van der Waals surface area contributed by atoms with Crippen LogP contribution in [0.3, 0.4) is 0 Å². The number of nitrogens with zero attached hydrogens (tertiary/aromatic N) is 2. The summed E-state index contributed by atoms with van der Waals surface area (Å²) in [6.45, 7) is 0.809. The number of pyridine rings is 2. The number of aromatic nitrogens is 2. The lowest BCUT2D eigenvalue weighted by atomic mass is 10.3. The quantitative estimate of drug-likeness (QED) is 0.778. The molecule has 2 rings (SSSR count). The summed E-state index contributed by atoms with van der Waals surface area (Å²) in [5.74, 6) is 0.697. The van der Waals surface area contributed by atoms with E-state index in [4.69, 9.17) is 21.1 Å². The van der Waals surface area contributed by atoms with Crippen LogP contribution in [0.2, 0.25) is 5.15 Å². The standard InChI is InChI=1S/C13H12BrClN2O2/c1-18-11-5-9(13(14)16-6-11)7-19-8-10-3-2-4-12(15)17-10/h2-6H,7-8H2,1H3. The van der Waals surface area contributed by atoms with Crippen molar-refractivity contribution >= 4 is 27.5 Å². The van der Waals surface area contributed by atoms with Crippen LogP contribution in [0, 0.1) is 0 Å². The number of hydrogen-bond donors (Lipinski definition) is 0. The molecule has 0 unspecified atom stereocenters. The van der Waals surface area contributed by atoms with E-state index < -0.39 is 0 Å². The molecule has 0 saturated heterocycles. The highest BCUT2D eigenvalue weighted by atomic mass is 79.9. The lowest BCUT2D eigenvalue weighted by molar-refractivity contribution is 0.104. The lowest BCUT2D eigenvalue weighted by Crippen LogP contribution is -1.99. The Morgan fingerprint density at radius 2 is 2.16 bits per heavy atom. The van der Waals surface area contributed by atoms with Gasteiger partial charge in [0.25, 0.3) is 0 Å². The predicted octanol–water partition coefficient (Wildman–Crippen LogP) is 3.62. The van der Waals surface area contributed by atoms with Gasteiger partial charge >= 0.3 is 0 Å². The minimum atomic E-state index is 0.393. The molecule has 2 aromatic heterocycles. The van der Waals surface area contributed by atoms with Crippen LogP contribution in [0.1, 0.15) is 11.3 Å². The molecule has 6 heteroatoms. The van der Waals surface area contributed by atoms with E-state index in [0.29, 0.717) is 24.1 Å². The van der Waals surface area contributed by atoms with Crippen molar-refractivity contribution in [1.82, 2.24) is 9.97 Å². The van der Waals surface area contributed by atoms with Crippen LogP contribution in [0.4, 0.5) is 0 Å². The van der Waals surface area contributed by atoms with Crippen molar-refractivity contribution in [1.29, 1.82) is 0 Å². The van der Waals surface area contributed by atoms with E-state index in [-0.39, 0.29) is 0 Å². The Morgan fingerprint density at radius 3 is 2.89 bits per heavy atom. The van der Waals surface area contributed by atoms with Crippen LogP contribution >= 0.6 is 27.5 Å². The fourth-order valence-electron chi connectivity index (χ4n) is 1.48. The van der Waals surface area contributed by atoms with E-state index in [9.17, 15) is 0 Å². The molecule has 0 atom stereocenters. The van der Waals surface area contributed by atoms with Crippen molar-refractivity contribution in [2.75, 3.05) is 7.11 Å². The first-order chi connectivity index (χ1) is 9.19. The van der Waals surface area contributed by atoms with Gasteiger partial charge in [0, 0.05) is 5.56 Å². The summed E-state index contributed by atoms with van der Waals surface area (Å²) in [5.41, 5.74) is 1.71. The van der Waals surface area contributed by atoms with Gasteiger partial charge in [-0.25, -0.2) is 9.97 Å². The monoisotopic (exact) mass is 342 g/mol. The Bertz CT molecular complexity index is 566. The van der Waals surface area contributed by atoms with Gasteiger partial charge in [0.1, 0.15) is 15.5 Å². The van der Waals surface area contributed by atoms with E-state index in [1.165, 1.54) is 0 Å². The van der Waals surface area contributed by atoms with Crippen LogP contribution in [0.5, 0.6) is 5.75 Å². The van der Waals surface area contributed by atoms with E-state index in [0.717, 1.165) is 15.9 Å². The van der Waals surface area contributed by atoms with Crippen LogP contribution in [0.15, 0.2) is 35.1 Å². The van der Waals surface area contributed by atoms with E-state index in [1.54, 1.807) is 19.4 Å². The molecule has 0 aliphatic carbocycles. The SMILES string of the molecule is COc1cnc(Br)c(COCc2cccc(Cl)n2)c1. The third kappa shape index (κ3) is 4.16. The van der Waals surface area contributed by atoms with E-state index in [1.807, 2.05) is 18.2 Å². The third-order valence-electron chi connectivity index (χ3n) is 2.40. The molecule has 19 heavy (non-hydrogen) atoms. The smallest absolute Gasteiger partial charge is 0.137 e. The number of hydrogen-bond acceptors (Lipinski definition) is 4. The maximum absolute atomic E-state index is 5.80. The number of methoxy groups -OCH3 is 1. The number of ether oxygens (including phenoxy) is 2. The molecule has 0 aliphatic heterocycles. The van der Waals surface area contributed by atoms with Crippen molar-refractivity contribution in [3.8, 4) is 5.75 Å². The van der Waals surface area contributed by atoms with E-state index in [2.05, 4.69) is 25.9 Å². The molecular weight excluding hydrogens is 332 g/mol. The Hall–Kier alpha value is -1.17. The third-order valence-corrected chi connectivity index (χ3v) is 3.33. The molecule has 0 aliphatic rings. The predicted molar refractivity (Wildman–Crippen MR) is 76.2 cm³/mol. The molecule has 0 radical (unpaired) electrons. The molecule has 4 nitrogen and oxygen atoms in total. The first kappa shape index (κ1) is 14.2. The largest absolute Gasteiger partial charge is 0.495 e. The van der Waals surface area contributed by atoms with Gasteiger partial charge in [0.15, 0.2) is 0 Å². The second-order valence-electron chi connectivity index (χ2n) is 3.77. The highest BCUT2D eigenvalue weighted by molar-refractivity contribution is 9.10. The molecule has 0 spiro atoms. The molecule has 100 valence electrons. The Morgan fingerprint density at radius 1 is 1.32 bits per heavy atom. The van der Waals surface area contributed by atoms with Crippen molar-refractivity contribution in [3.05, 3.63) is 51.5 Å². The average Bonchev–Trinajstić information content (AvgIpc) is 2.41. The van der Waals surface area contributed by atoms with Crippen molar-refractivity contribution in [2.24, 2.45) is 0 Å². The van der Waals surface area contributed by atoms with Gasteiger partial charge < -0.3 is 9.47 Å². The Labute approximate surface area is 124 Å². The van der Waals surface area contributed by atoms with Gasteiger partial charge in [-0.2, -0.15) is 0 Å². The van der Waals surface area contributed by atoms with Crippen molar-refractivity contribution in [3.63, 3.8) is 0 Å². The fraction of sp³-hybridized carbons (Fsp3) is 0.231. The van der Waals surface area contributed by atoms with E-state index >= 15 is 0 Å². The van der Waals surface area contributed by atoms with Crippen LogP contribution in [0.25, 0.3) is 0 Å². The van der Waals surface area contributed by atoms with Crippen LogP contribution in [-0.4, -0.2) is 17.1 Å². The Kier molecular flexibility index (Phi) is 5.13. The van der Waals surface area contributed by atoms with Gasteiger partial charge in [-0.1, -0.05) is 17.7 Å². The van der Waals surface area contributed by atoms with Crippen molar-refractivity contribution < 1.29 is 9.47 Å². The van der Waals surface area contributed by atoms with Gasteiger partial charge in [-0.3, -0.25) is 0 Å². The molecule has 0 saturated carbocycles. The molecule has 2 heterocycles. The van der Waals surface area contributed by atoms with Crippen LogP contribution in [-0.2, 0) is 18.0 Å². The second kappa shape index (κ2) is 6.84. The summed E-state index contributed by atoms with van der Waals surface area (Å²) in [6, 6.07) is 7.32. The second-order valence-corrected chi connectivity index (χ2v) is 4.91. The first-order valence-corrected chi connectivity index (χ1v) is 6.73. The Balaban J connectivity index is 1.95. The first-order valence-electron chi connectivity index (χ1n) is 5.56. The van der Waals surface area contributed by atoms with Crippen molar-refractivity contribution in [2.45, 2.75) is 13.2 Å². The van der Waals surface area contributed by atoms with Gasteiger partial charge in [-0.15, -0.1) is 0 Å². The molecule has 0 bridgehead atoms. The summed E-state index contributed by atoms with van der Waals surface area (Å²) in [5, 5.41) is 0.463. The summed E-state index contributed by atoms with van der Waals surface area (Å²) in [4.78, 5) is 8.31. The zero-order valence-corrected chi connectivity index (χ0v) is 12.6.